The van der Waals surface area contributed by atoms with Gasteiger partial charge in [-0.3, -0.25) is 9.36 Å². The van der Waals surface area contributed by atoms with Gasteiger partial charge in [-0.15, -0.1) is 16.1 Å². The zero-order valence-corrected chi connectivity index (χ0v) is 23.1. The van der Waals surface area contributed by atoms with Gasteiger partial charge < -0.3 is 25.6 Å². The van der Waals surface area contributed by atoms with Gasteiger partial charge in [-0.25, -0.2) is 4.98 Å². The summed E-state index contributed by atoms with van der Waals surface area (Å²) in [6.07, 6.45) is 0.785. The molecule has 1 aliphatic rings. The molecule has 0 radical (unpaired) electrons. The van der Waals surface area contributed by atoms with Crippen molar-refractivity contribution in [2.24, 2.45) is 0 Å². The van der Waals surface area contributed by atoms with Gasteiger partial charge in [0.15, 0.2) is 23.2 Å². The molecule has 0 aliphatic carbocycles. The third-order valence-electron chi connectivity index (χ3n) is 5.22. The minimum atomic E-state index is -2.29. The number of phenols is 1. The number of halogens is 1. The molecule has 4 rings (SSSR count). The topological polar surface area (TPSA) is 176 Å². The van der Waals surface area contributed by atoms with Gasteiger partial charge in [0.05, 0.1) is 23.9 Å². The fraction of sp³-hybridized carbons (Fsp3) is 0.478. The highest BCUT2D eigenvalue weighted by Gasteiger charge is 2.39. The lowest BCUT2D eigenvalue weighted by Crippen LogP contribution is -2.33. The Morgan fingerprint density at radius 3 is 2.63 bits per heavy atom. The Labute approximate surface area is 226 Å². The van der Waals surface area contributed by atoms with Crippen molar-refractivity contribution in [3.8, 4) is 5.75 Å². The van der Waals surface area contributed by atoms with Gasteiger partial charge in [-0.2, -0.15) is 9.97 Å². The second-order valence-corrected chi connectivity index (χ2v) is 10.2. The van der Waals surface area contributed by atoms with Gasteiger partial charge >= 0.3 is 14.1 Å². The number of nitrogen functional groups attached to an aromatic ring is 1. The van der Waals surface area contributed by atoms with Gasteiger partial charge in [0, 0.05) is 7.05 Å². The van der Waals surface area contributed by atoms with Gasteiger partial charge in [0.1, 0.15) is 18.4 Å². The van der Waals surface area contributed by atoms with Crippen LogP contribution in [0.15, 0.2) is 36.7 Å². The van der Waals surface area contributed by atoms with Crippen LogP contribution >= 0.6 is 19.8 Å². The van der Waals surface area contributed by atoms with Crippen molar-refractivity contribution >= 4 is 48.7 Å². The first-order valence-electron chi connectivity index (χ1n) is 11.9. The normalized spacial score (nSPS) is 20.1. The lowest BCUT2D eigenvalue weighted by atomic mass is 10.2. The summed E-state index contributed by atoms with van der Waals surface area (Å²) in [6, 6.07) is 7.94. The summed E-state index contributed by atoms with van der Waals surface area (Å²) < 4.78 is 30.2. The SMILES string of the molecule is CNc1nc(N)nc2c1ncn2C1OC(CO[P+](=O)NC(C)C(=O)OC(C)C)CC1Cl.Oc1ccccc1. The van der Waals surface area contributed by atoms with E-state index in [4.69, 9.17) is 36.4 Å². The van der Waals surface area contributed by atoms with E-state index in [0.717, 1.165) is 0 Å². The number of hydrogen-bond donors (Lipinski definition) is 4. The molecule has 5 atom stereocenters. The van der Waals surface area contributed by atoms with E-state index in [9.17, 15) is 9.36 Å². The monoisotopic (exact) mass is 568 g/mol. The average molecular weight is 569 g/mol. The molecule has 1 aromatic carbocycles. The molecule has 0 spiro atoms. The maximum Gasteiger partial charge on any atom is 0.613 e. The van der Waals surface area contributed by atoms with Gasteiger partial charge in [-0.05, 0) is 43.9 Å². The third-order valence-corrected chi connectivity index (χ3v) is 6.59. The molecule has 1 fully saturated rings. The van der Waals surface area contributed by atoms with E-state index in [1.165, 1.54) is 0 Å². The quantitative estimate of drug-likeness (QED) is 0.168. The van der Waals surface area contributed by atoms with Crippen molar-refractivity contribution in [2.75, 3.05) is 24.7 Å². The Morgan fingerprint density at radius 2 is 2.03 bits per heavy atom. The minimum absolute atomic E-state index is 0.0272. The van der Waals surface area contributed by atoms with Crippen LogP contribution < -0.4 is 16.1 Å². The molecule has 0 saturated carbocycles. The molecular weight excluding hydrogens is 537 g/mol. The number of phenolic OH excluding ortho intramolecular Hbond substituents is 1. The maximum absolute atomic E-state index is 12.1. The van der Waals surface area contributed by atoms with Crippen LogP contribution in [0.25, 0.3) is 11.2 Å². The lowest BCUT2D eigenvalue weighted by molar-refractivity contribution is -0.149. The smallest absolute Gasteiger partial charge is 0.508 e. The number of nitrogens with one attached hydrogen (secondary N) is 2. The Kier molecular flexibility index (Phi) is 10.6. The number of imidazole rings is 1. The van der Waals surface area contributed by atoms with Crippen molar-refractivity contribution in [1.29, 1.82) is 0 Å². The number of alkyl halides is 1. The molecule has 1 saturated heterocycles. The predicted molar refractivity (Wildman–Crippen MR) is 143 cm³/mol. The molecule has 15 heteroatoms. The number of hydrogen-bond acceptors (Lipinski definition) is 11. The molecule has 0 amide bonds. The molecule has 206 valence electrons. The molecule has 38 heavy (non-hydrogen) atoms. The lowest BCUT2D eigenvalue weighted by Gasteiger charge is -2.16. The highest BCUT2D eigenvalue weighted by Crippen LogP contribution is 2.36. The van der Waals surface area contributed by atoms with Crippen LogP contribution in [-0.4, -0.2) is 67.9 Å². The van der Waals surface area contributed by atoms with Crippen LogP contribution in [0, 0.1) is 0 Å². The number of rotatable bonds is 9. The van der Waals surface area contributed by atoms with Gasteiger partial charge in [0.2, 0.25) is 5.95 Å². The second kappa shape index (κ2) is 13.6. The highest BCUT2D eigenvalue weighted by atomic mass is 35.5. The van der Waals surface area contributed by atoms with E-state index < -0.39 is 37.9 Å². The summed E-state index contributed by atoms with van der Waals surface area (Å²) in [4.78, 5) is 24.5. The van der Waals surface area contributed by atoms with Gasteiger partial charge in [0.25, 0.3) is 0 Å². The van der Waals surface area contributed by atoms with Gasteiger partial charge in [-0.1, -0.05) is 23.3 Å². The number of benzene rings is 1. The molecule has 0 bridgehead atoms. The van der Waals surface area contributed by atoms with Crippen molar-refractivity contribution in [1.82, 2.24) is 24.6 Å². The van der Waals surface area contributed by atoms with Crippen molar-refractivity contribution in [2.45, 2.75) is 57.0 Å². The number of anilines is 2. The van der Waals surface area contributed by atoms with Crippen LogP contribution in [0.2, 0.25) is 0 Å². The number of esters is 1. The molecule has 5 N–H and O–H groups in total. The first-order valence-corrected chi connectivity index (χ1v) is 13.5. The molecule has 3 heterocycles. The summed E-state index contributed by atoms with van der Waals surface area (Å²) in [7, 11) is -0.584. The number of ether oxygens (including phenoxy) is 2. The number of carbonyl (C=O) groups is 1. The number of nitrogens with zero attached hydrogens (tertiary/aromatic N) is 4. The zero-order chi connectivity index (χ0) is 27.8. The van der Waals surface area contributed by atoms with Crippen LogP contribution in [-0.2, 0) is 23.4 Å². The van der Waals surface area contributed by atoms with Crippen LogP contribution in [0.4, 0.5) is 11.8 Å². The molecule has 13 nitrogen and oxygen atoms in total. The number of fused-ring (bicyclic) bond motifs is 1. The maximum atomic E-state index is 12.1. The number of aromatic hydroxyl groups is 1. The summed E-state index contributed by atoms with van der Waals surface area (Å²) >= 11 is 6.50. The predicted octanol–water partition coefficient (Wildman–Crippen LogP) is 3.34. The molecule has 5 unspecified atom stereocenters. The Bertz CT molecular complexity index is 1230. The van der Waals surface area contributed by atoms with Crippen LogP contribution in [0.1, 0.15) is 33.4 Å². The second-order valence-electron chi connectivity index (χ2n) is 8.63. The fourth-order valence-corrected chi connectivity index (χ4v) is 4.69. The number of carbonyl (C=O) groups excluding carboxylic acids is 1. The number of para-hydroxylation sites is 1. The van der Waals surface area contributed by atoms with E-state index >= 15 is 0 Å². The van der Waals surface area contributed by atoms with Crippen molar-refractivity contribution in [3.05, 3.63) is 36.7 Å². The van der Waals surface area contributed by atoms with E-state index in [1.54, 1.807) is 63.0 Å². The standard InChI is InChI=1S/C17H26ClN7O5P.C6H6O/c1-8(2)29-16(26)9(3)24-31(27)28-6-10-5-11(18)15(30-10)25-7-21-12-13(20-4)22-17(19)23-14(12)25;7-6-4-2-1-3-5-6/h7-11,15H,5-6H2,1-4H3,(H,24,27)(H3,19,20,22,23);1-5,7H/q+1;. The first kappa shape index (κ1) is 29.5. The summed E-state index contributed by atoms with van der Waals surface area (Å²) in [6.45, 7) is 5.05. The van der Waals surface area contributed by atoms with Crippen molar-refractivity contribution < 1.29 is 28.5 Å². The first-order chi connectivity index (χ1) is 18.1. The summed E-state index contributed by atoms with van der Waals surface area (Å²) in [5.41, 5.74) is 6.81. The Hall–Kier alpha value is -3.09. The third kappa shape index (κ3) is 7.95. The van der Waals surface area contributed by atoms with Crippen LogP contribution in [0.5, 0.6) is 5.75 Å². The number of nitrogens with two attached hydrogens (primary N) is 1. The fourth-order valence-electron chi connectivity index (χ4n) is 3.51. The van der Waals surface area contributed by atoms with E-state index in [1.807, 2.05) is 6.07 Å². The molecule has 3 aromatic rings. The van der Waals surface area contributed by atoms with E-state index in [2.05, 4.69) is 25.4 Å². The minimum Gasteiger partial charge on any atom is -0.508 e. The Morgan fingerprint density at radius 1 is 1.32 bits per heavy atom. The summed E-state index contributed by atoms with van der Waals surface area (Å²) in [5, 5.41) is 13.7. The zero-order valence-electron chi connectivity index (χ0n) is 21.4. The van der Waals surface area contributed by atoms with Crippen LogP contribution in [0.3, 0.4) is 0 Å². The molecule has 1 aliphatic heterocycles. The molecule has 2 aromatic heterocycles. The average Bonchev–Trinajstić information content (AvgIpc) is 3.45. The number of aromatic nitrogens is 4. The van der Waals surface area contributed by atoms with E-state index in [0.29, 0.717) is 29.2 Å². The largest absolute Gasteiger partial charge is 0.613 e. The highest BCUT2D eigenvalue weighted by molar-refractivity contribution is 7.36. The van der Waals surface area contributed by atoms with E-state index in [-0.39, 0.29) is 18.7 Å². The molecular formula is C23H32ClN7O6P+. The summed E-state index contributed by atoms with van der Waals surface area (Å²) in [5.74, 6) is 0.408. The van der Waals surface area contributed by atoms with Crippen molar-refractivity contribution in [3.63, 3.8) is 0 Å². The Balaban J connectivity index is 0.000000494.